The Morgan fingerprint density at radius 2 is 2.33 bits per heavy atom. The van der Waals surface area contributed by atoms with E-state index in [4.69, 9.17) is 4.74 Å². The number of rotatable bonds is 2. The van der Waals surface area contributed by atoms with E-state index >= 15 is 0 Å². The van der Waals surface area contributed by atoms with E-state index in [0.717, 1.165) is 11.3 Å². The highest BCUT2D eigenvalue weighted by Gasteiger charge is 2.21. The van der Waals surface area contributed by atoms with E-state index in [-0.39, 0.29) is 36.8 Å². The molecule has 1 saturated heterocycles. The second-order valence-electron chi connectivity index (χ2n) is 3.76. The maximum absolute atomic E-state index is 11.8. The van der Waals surface area contributed by atoms with E-state index < -0.39 is 0 Å². The number of anilines is 1. The van der Waals surface area contributed by atoms with Gasteiger partial charge in [0.2, 0.25) is 5.91 Å². The topological polar surface area (TPSA) is 63.2 Å². The van der Waals surface area contributed by atoms with Gasteiger partial charge < -0.3 is 15.4 Å². The number of hydrogen-bond acceptors (Lipinski definition) is 4. The maximum Gasteiger partial charge on any atom is 0.243 e. The molecule has 0 spiro atoms. The number of aromatic nitrogens is 1. The second-order valence-corrected chi connectivity index (χ2v) is 3.76. The van der Waals surface area contributed by atoms with Crippen LogP contribution in [0, 0.1) is 6.92 Å². The molecule has 7 heteroatoms. The van der Waals surface area contributed by atoms with Gasteiger partial charge in [0.1, 0.15) is 6.04 Å². The van der Waals surface area contributed by atoms with Crippen molar-refractivity contribution in [1.29, 1.82) is 0 Å². The van der Waals surface area contributed by atoms with Crippen molar-refractivity contribution in [3.8, 4) is 0 Å². The van der Waals surface area contributed by atoms with E-state index in [1.54, 1.807) is 18.5 Å². The Morgan fingerprint density at radius 3 is 2.94 bits per heavy atom. The first-order valence-electron chi connectivity index (χ1n) is 5.30. The summed E-state index contributed by atoms with van der Waals surface area (Å²) in [6.45, 7) is 3.72. The second kappa shape index (κ2) is 8.26. The third-order valence-corrected chi connectivity index (χ3v) is 2.52. The lowest BCUT2D eigenvalue weighted by Gasteiger charge is -2.23. The molecule has 0 saturated carbocycles. The lowest BCUT2D eigenvalue weighted by molar-refractivity contribution is -0.120. The molecule has 102 valence electrons. The number of morpholine rings is 1. The normalized spacial score (nSPS) is 18.2. The first-order valence-corrected chi connectivity index (χ1v) is 5.30. The van der Waals surface area contributed by atoms with Gasteiger partial charge in [0.05, 0.1) is 13.2 Å². The lowest BCUT2D eigenvalue weighted by Crippen LogP contribution is -2.48. The van der Waals surface area contributed by atoms with Gasteiger partial charge in [-0.2, -0.15) is 0 Å². The number of carbonyl (C=O) groups is 1. The van der Waals surface area contributed by atoms with Gasteiger partial charge in [0.15, 0.2) is 0 Å². The Balaban J connectivity index is 0.00000144. The molecule has 1 amide bonds. The van der Waals surface area contributed by atoms with Gasteiger partial charge in [0.25, 0.3) is 0 Å². The Bertz CT molecular complexity index is 384. The van der Waals surface area contributed by atoms with Gasteiger partial charge in [-0.15, -0.1) is 24.8 Å². The van der Waals surface area contributed by atoms with Gasteiger partial charge in [-0.25, -0.2) is 0 Å². The smallest absolute Gasteiger partial charge is 0.243 e. The molecule has 1 fully saturated rings. The van der Waals surface area contributed by atoms with Gasteiger partial charge >= 0.3 is 0 Å². The average molecular weight is 294 g/mol. The van der Waals surface area contributed by atoms with Gasteiger partial charge in [-0.3, -0.25) is 9.78 Å². The monoisotopic (exact) mass is 293 g/mol. The number of pyridine rings is 1. The molecule has 0 aliphatic carbocycles. The number of amides is 1. The predicted octanol–water partition coefficient (Wildman–Crippen LogP) is 1.16. The van der Waals surface area contributed by atoms with Crippen molar-refractivity contribution in [2.75, 3.05) is 25.1 Å². The fourth-order valence-corrected chi connectivity index (χ4v) is 1.57. The minimum Gasteiger partial charge on any atom is -0.378 e. The SMILES string of the molecule is Cc1cnccc1NC(=O)C1COCCN1.Cl.Cl. The van der Waals surface area contributed by atoms with E-state index in [2.05, 4.69) is 15.6 Å². The summed E-state index contributed by atoms with van der Waals surface area (Å²) in [5, 5.41) is 5.96. The zero-order chi connectivity index (χ0) is 11.4. The first kappa shape index (κ1) is 17.1. The first-order chi connectivity index (χ1) is 7.77. The molecular formula is C11H17Cl2N3O2. The van der Waals surface area contributed by atoms with Crippen LogP contribution < -0.4 is 10.6 Å². The number of halogens is 2. The zero-order valence-corrected chi connectivity index (χ0v) is 11.6. The van der Waals surface area contributed by atoms with Crippen LogP contribution in [0.1, 0.15) is 5.56 Å². The highest BCUT2D eigenvalue weighted by atomic mass is 35.5. The number of nitrogens with one attached hydrogen (secondary N) is 2. The van der Waals surface area contributed by atoms with E-state index in [0.29, 0.717) is 19.8 Å². The van der Waals surface area contributed by atoms with Crippen molar-refractivity contribution in [1.82, 2.24) is 10.3 Å². The van der Waals surface area contributed by atoms with Crippen molar-refractivity contribution in [3.63, 3.8) is 0 Å². The number of carbonyl (C=O) groups excluding carboxylic acids is 1. The standard InChI is InChI=1S/C11H15N3O2.2ClH/c1-8-6-12-3-2-9(8)14-11(15)10-7-16-5-4-13-10;;/h2-3,6,10,13H,4-5,7H2,1H3,(H,12,14,15);2*1H. The van der Waals surface area contributed by atoms with E-state index in [1.807, 2.05) is 6.92 Å². The number of aryl methyl sites for hydroxylation is 1. The summed E-state index contributed by atoms with van der Waals surface area (Å²) in [6, 6.07) is 1.53. The van der Waals surface area contributed by atoms with Crippen LogP contribution >= 0.6 is 24.8 Å². The Morgan fingerprint density at radius 1 is 1.56 bits per heavy atom. The van der Waals surface area contributed by atoms with Crippen LogP contribution in [0.15, 0.2) is 18.5 Å². The summed E-state index contributed by atoms with van der Waals surface area (Å²) in [6.07, 6.45) is 3.38. The van der Waals surface area contributed by atoms with Gasteiger partial charge in [0, 0.05) is 24.6 Å². The van der Waals surface area contributed by atoms with Crippen LogP contribution in [-0.2, 0) is 9.53 Å². The quantitative estimate of drug-likeness (QED) is 0.859. The number of hydrogen-bond donors (Lipinski definition) is 2. The molecule has 1 atom stereocenters. The molecule has 1 aromatic heterocycles. The van der Waals surface area contributed by atoms with Gasteiger partial charge in [-0.05, 0) is 18.6 Å². The van der Waals surface area contributed by atoms with E-state index in [9.17, 15) is 4.79 Å². The highest BCUT2D eigenvalue weighted by molar-refractivity contribution is 5.95. The molecule has 2 heterocycles. The third kappa shape index (κ3) is 4.42. The Labute approximate surface area is 119 Å². The summed E-state index contributed by atoms with van der Waals surface area (Å²) >= 11 is 0. The molecule has 1 unspecified atom stereocenters. The lowest BCUT2D eigenvalue weighted by atomic mass is 10.2. The van der Waals surface area contributed by atoms with Crippen molar-refractivity contribution in [2.24, 2.45) is 0 Å². The zero-order valence-electron chi connectivity index (χ0n) is 10.0. The molecule has 0 aromatic carbocycles. The van der Waals surface area contributed by atoms with Crippen LogP contribution in [0.2, 0.25) is 0 Å². The molecule has 1 aromatic rings. The van der Waals surface area contributed by atoms with Crippen LogP contribution in [-0.4, -0.2) is 36.7 Å². The molecular weight excluding hydrogens is 277 g/mol. The summed E-state index contributed by atoms with van der Waals surface area (Å²) < 4.78 is 5.24. The Hall–Kier alpha value is -0.880. The minimum atomic E-state index is -0.263. The van der Waals surface area contributed by atoms with Crippen LogP contribution in [0.3, 0.4) is 0 Å². The summed E-state index contributed by atoms with van der Waals surface area (Å²) in [5.41, 5.74) is 1.75. The highest BCUT2D eigenvalue weighted by Crippen LogP contribution is 2.12. The fourth-order valence-electron chi connectivity index (χ4n) is 1.57. The van der Waals surface area contributed by atoms with E-state index in [1.165, 1.54) is 0 Å². The number of ether oxygens (including phenoxy) is 1. The summed E-state index contributed by atoms with van der Waals surface area (Å²) in [5.74, 6) is -0.0611. The average Bonchev–Trinajstić information content (AvgIpc) is 2.33. The molecule has 2 rings (SSSR count). The molecule has 1 aliphatic rings. The molecule has 0 bridgehead atoms. The van der Waals surface area contributed by atoms with Crippen LogP contribution in [0.25, 0.3) is 0 Å². The Kier molecular flexibility index (Phi) is 7.86. The van der Waals surface area contributed by atoms with Crippen molar-refractivity contribution < 1.29 is 9.53 Å². The minimum absolute atomic E-state index is 0. The fraction of sp³-hybridized carbons (Fsp3) is 0.455. The largest absolute Gasteiger partial charge is 0.378 e. The maximum atomic E-state index is 11.8. The van der Waals surface area contributed by atoms with Gasteiger partial charge in [-0.1, -0.05) is 0 Å². The molecule has 2 N–H and O–H groups in total. The van der Waals surface area contributed by atoms with Crippen molar-refractivity contribution in [3.05, 3.63) is 24.0 Å². The molecule has 18 heavy (non-hydrogen) atoms. The summed E-state index contributed by atoms with van der Waals surface area (Å²) in [7, 11) is 0. The molecule has 1 aliphatic heterocycles. The summed E-state index contributed by atoms with van der Waals surface area (Å²) in [4.78, 5) is 15.8. The number of nitrogens with zero attached hydrogens (tertiary/aromatic N) is 1. The van der Waals surface area contributed by atoms with Crippen molar-refractivity contribution >= 4 is 36.4 Å². The third-order valence-electron chi connectivity index (χ3n) is 2.52. The molecule has 0 radical (unpaired) electrons. The van der Waals surface area contributed by atoms with Crippen molar-refractivity contribution in [2.45, 2.75) is 13.0 Å². The molecule has 5 nitrogen and oxygen atoms in total. The predicted molar refractivity (Wildman–Crippen MR) is 74.7 cm³/mol. The van der Waals surface area contributed by atoms with Crippen LogP contribution in [0.4, 0.5) is 5.69 Å². The van der Waals surface area contributed by atoms with Crippen LogP contribution in [0.5, 0.6) is 0 Å².